The number of aryl methyl sites for hydroxylation is 1. The smallest absolute Gasteiger partial charge is 0.0297 e. The predicted octanol–water partition coefficient (Wildman–Crippen LogP) is 2.95. The Kier molecular flexibility index (Phi) is 4.08. The van der Waals surface area contributed by atoms with Crippen molar-refractivity contribution in [1.29, 1.82) is 0 Å². The van der Waals surface area contributed by atoms with E-state index in [0.29, 0.717) is 0 Å². The first-order valence-corrected chi connectivity index (χ1v) is 7.08. The first kappa shape index (κ1) is 13.6. The second kappa shape index (κ2) is 5.41. The highest BCUT2D eigenvalue weighted by Crippen LogP contribution is 2.28. The Hall–Kier alpha value is -0.860. The monoisotopic (exact) mass is 246 g/mol. The van der Waals surface area contributed by atoms with Crippen molar-refractivity contribution in [3.63, 3.8) is 0 Å². The van der Waals surface area contributed by atoms with E-state index in [4.69, 9.17) is 5.73 Å². The highest BCUT2D eigenvalue weighted by atomic mass is 14.9. The van der Waals surface area contributed by atoms with Gasteiger partial charge in [0.1, 0.15) is 0 Å². The van der Waals surface area contributed by atoms with Crippen molar-refractivity contribution in [3.05, 3.63) is 34.9 Å². The standard InChI is InChI=1S/C16H26N2/c1-16(2,3)18-10-9-12-7-8-14-13(11-12)5-4-6-15(14)17/h7-8,11,15,18H,4-6,9-10,17H2,1-3H3/t15-/m1/s1. The molecule has 2 nitrogen and oxygen atoms in total. The molecule has 0 radical (unpaired) electrons. The topological polar surface area (TPSA) is 38.0 Å². The Balaban J connectivity index is 1.99. The van der Waals surface area contributed by atoms with Crippen LogP contribution in [0.25, 0.3) is 0 Å². The number of nitrogens with two attached hydrogens (primary N) is 1. The maximum atomic E-state index is 6.14. The molecule has 3 N–H and O–H groups in total. The summed E-state index contributed by atoms with van der Waals surface area (Å²) in [5, 5.41) is 3.53. The van der Waals surface area contributed by atoms with Crippen LogP contribution in [0.3, 0.4) is 0 Å². The van der Waals surface area contributed by atoms with Gasteiger partial charge in [-0.05, 0) is 69.7 Å². The minimum absolute atomic E-state index is 0.205. The first-order chi connectivity index (χ1) is 8.46. The molecule has 0 unspecified atom stereocenters. The minimum Gasteiger partial charge on any atom is -0.324 e. The highest BCUT2D eigenvalue weighted by molar-refractivity contribution is 5.36. The summed E-state index contributed by atoms with van der Waals surface area (Å²) in [6, 6.07) is 7.11. The van der Waals surface area contributed by atoms with Gasteiger partial charge < -0.3 is 11.1 Å². The van der Waals surface area contributed by atoms with Crippen LogP contribution in [0.5, 0.6) is 0 Å². The van der Waals surface area contributed by atoms with Crippen LogP contribution >= 0.6 is 0 Å². The lowest BCUT2D eigenvalue weighted by Crippen LogP contribution is -2.37. The van der Waals surface area contributed by atoms with Crippen molar-refractivity contribution in [2.45, 2.75) is 58.0 Å². The fourth-order valence-electron chi connectivity index (χ4n) is 2.64. The SMILES string of the molecule is CC(C)(C)NCCc1ccc2c(c1)CCC[C@H]2N. The van der Waals surface area contributed by atoms with Gasteiger partial charge >= 0.3 is 0 Å². The lowest BCUT2D eigenvalue weighted by Gasteiger charge is -2.23. The fourth-order valence-corrected chi connectivity index (χ4v) is 2.64. The number of hydrogen-bond acceptors (Lipinski definition) is 2. The molecule has 18 heavy (non-hydrogen) atoms. The maximum absolute atomic E-state index is 6.14. The number of benzene rings is 1. The molecule has 0 amide bonds. The van der Waals surface area contributed by atoms with Gasteiger partial charge in [0.05, 0.1) is 0 Å². The lowest BCUT2D eigenvalue weighted by atomic mass is 9.87. The van der Waals surface area contributed by atoms with Gasteiger partial charge in [0, 0.05) is 11.6 Å². The van der Waals surface area contributed by atoms with E-state index in [1.807, 2.05) is 0 Å². The van der Waals surface area contributed by atoms with E-state index in [2.05, 4.69) is 44.3 Å². The third kappa shape index (κ3) is 3.56. The van der Waals surface area contributed by atoms with E-state index in [-0.39, 0.29) is 11.6 Å². The van der Waals surface area contributed by atoms with Crippen LogP contribution in [0.2, 0.25) is 0 Å². The van der Waals surface area contributed by atoms with Crippen molar-refractivity contribution in [2.24, 2.45) is 5.73 Å². The zero-order valence-corrected chi connectivity index (χ0v) is 11.9. The molecule has 1 aliphatic rings. The molecule has 0 aromatic heterocycles. The highest BCUT2D eigenvalue weighted by Gasteiger charge is 2.16. The van der Waals surface area contributed by atoms with Gasteiger partial charge in [0.25, 0.3) is 0 Å². The molecule has 100 valence electrons. The molecule has 0 bridgehead atoms. The summed E-state index contributed by atoms with van der Waals surface area (Å²) in [4.78, 5) is 0. The van der Waals surface area contributed by atoms with Gasteiger partial charge in [0.15, 0.2) is 0 Å². The van der Waals surface area contributed by atoms with Crippen molar-refractivity contribution < 1.29 is 0 Å². The second-order valence-corrected chi connectivity index (χ2v) is 6.46. The molecule has 1 atom stereocenters. The Labute approximate surface area is 111 Å². The summed E-state index contributed by atoms with van der Waals surface area (Å²) >= 11 is 0. The average Bonchev–Trinajstić information content (AvgIpc) is 2.27. The minimum atomic E-state index is 0.205. The Morgan fingerprint density at radius 2 is 2.11 bits per heavy atom. The van der Waals surface area contributed by atoms with E-state index in [1.54, 1.807) is 0 Å². The van der Waals surface area contributed by atoms with Crippen LogP contribution in [0.15, 0.2) is 18.2 Å². The van der Waals surface area contributed by atoms with Gasteiger partial charge in [-0.3, -0.25) is 0 Å². The van der Waals surface area contributed by atoms with Crippen LogP contribution in [-0.2, 0) is 12.8 Å². The van der Waals surface area contributed by atoms with Crippen LogP contribution in [-0.4, -0.2) is 12.1 Å². The average molecular weight is 246 g/mol. The van der Waals surface area contributed by atoms with Crippen LogP contribution in [0, 0.1) is 0 Å². The Bertz CT molecular complexity index is 404. The zero-order chi connectivity index (χ0) is 13.2. The van der Waals surface area contributed by atoms with Gasteiger partial charge in [-0.25, -0.2) is 0 Å². The lowest BCUT2D eigenvalue weighted by molar-refractivity contribution is 0.429. The normalized spacial score (nSPS) is 19.7. The molecule has 2 heteroatoms. The van der Waals surface area contributed by atoms with E-state index in [1.165, 1.54) is 29.5 Å². The number of fused-ring (bicyclic) bond motifs is 1. The molecular formula is C16H26N2. The van der Waals surface area contributed by atoms with E-state index in [0.717, 1.165) is 19.4 Å². The van der Waals surface area contributed by atoms with Crippen molar-refractivity contribution in [1.82, 2.24) is 5.32 Å². The number of nitrogens with one attached hydrogen (secondary N) is 1. The first-order valence-electron chi connectivity index (χ1n) is 7.08. The molecule has 0 saturated carbocycles. The third-order valence-electron chi connectivity index (χ3n) is 3.64. The van der Waals surface area contributed by atoms with Crippen molar-refractivity contribution in [3.8, 4) is 0 Å². The van der Waals surface area contributed by atoms with Crippen molar-refractivity contribution in [2.75, 3.05) is 6.54 Å². The van der Waals surface area contributed by atoms with Crippen LogP contribution < -0.4 is 11.1 Å². The summed E-state index contributed by atoms with van der Waals surface area (Å²) in [6.45, 7) is 7.66. The number of hydrogen-bond donors (Lipinski definition) is 2. The number of rotatable bonds is 3. The molecule has 1 aromatic rings. The molecule has 0 saturated heterocycles. The summed E-state index contributed by atoms with van der Waals surface area (Å²) < 4.78 is 0. The van der Waals surface area contributed by atoms with Gasteiger partial charge in [-0.15, -0.1) is 0 Å². The molecule has 1 aliphatic carbocycles. The summed E-state index contributed by atoms with van der Waals surface area (Å²) in [7, 11) is 0. The molecular weight excluding hydrogens is 220 g/mol. The molecule has 2 rings (SSSR count). The predicted molar refractivity (Wildman–Crippen MR) is 77.8 cm³/mol. The van der Waals surface area contributed by atoms with Crippen LogP contribution in [0.4, 0.5) is 0 Å². The largest absolute Gasteiger partial charge is 0.324 e. The molecule has 0 fully saturated rings. The quantitative estimate of drug-likeness (QED) is 0.860. The van der Waals surface area contributed by atoms with E-state index < -0.39 is 0 Å². The maximum Gasteiger partial charge on any atom is 0.0297 e. The van der Waals surface area contributed by atoms with E-state index >= 15 is 0 Å². The zero-order valence-electron chi connectivity index (χ0n) is 11.9. The summed E-state index contributed by atoms with van der Waals surface area (Å²) in [5.41, 5.74) is 10.6. The van der Waals surface area contributed by atoms with E-state index in [9.17, 15) is 0 Å². The fraction of sp³-hybridized carbons (Fsp3) is 0.625. The molecule has 0 aliphatic heterocycles. The molecule has 0 spiro atoms. The van der Waals surface area contributed by atoms with Crippen LogP contribution in [0.1, 0.15) is 56.3 Å². The molecule has 0 heterocycles. The summed E-state index contributed by atoms with van der Waals surface area (Å²) in [6.07, 6.45) is 4.67. The summed E-state index contributed by atoms with van der Waals surface area (Å²) in [5.74, 6) is 0. The second-order valence-electron chi connectivity index (χ2n) is 6.46. The third-order valence-corrected chi connectivity index (χ3v) is 3.64. The Morgan fingerprint density at radius 3 is 2.83 bits per heavy atom. The van der Waals surface area contributed by atoms with Gasteiger partial charge in [0.2, 0.25) is 0 Å². The van der Waals surface area contributed by atoms with Crippen molar-refractivity contribution >= 4 is 0 Å². The molecule has 1 aromatic carbocycles. The van der Waals surface area contributed by atoms with Gasteiger partial charge in [-0.1, -0.05) is 18.2 Å². The van der Waals surface area contributed by atoms with Gasteiger partial charge in [-0.2, -0.15) is 0 Å². The Morgan fingerprint density at radius 1 is 1.33 bits per heavy atom.